The summed E-state index contributed by atoms with van der Waals surface area (Å²) in [4.78, 5) is 12.1. The fourth-order valence-corrected chi connectivity index (χ4v) is 6.06. The molecule has 2 aromatic rings. The van der Waals surface area contributed by atoms with Crippen LogP contribution in [-0.2, 0) is 26.2 Å². The van der Waals surface area contributed by atoms with Gasteiger partial charge in [0.1, 0.15) is 29.1 Å². The van der Waals surface area contributed by atoms with Gasteiger partial charge in [0.25, 0.3) is 0 Å². The molecule has 0 aliphatic carbocycles. The predicted octanol–water partition coefficient (Wildman–Crippen LogP) is 3.88. The molecule has 1 heterocycles. The van der Waals surface area contributed by atoms with Crippen molar-refractivity contribution in [3.05, 3.63) is 57.4 Å². The number of fused-ring (bicyclic) bond motifs is 1. The van der Waals surface area contributed by atoms with Crippen molar-refractivity contribution in [1.82, 2.24) is 4.31 Å². The highest BCUT2D eigenvalue weighted by molar-refractivity contribution is 7.89. The molecule has 1 unspecified atom stereocenters. The molecular formula is C22H25ClFNO6S. The molecular weight excluding hydrogens is 461 g/mol. The number of aryl methyl sites for hydroxylation is 1. The first-order valence-corrected chi connectivity index (χ1v) is 11.8. The molecule has 1 aliphatic rings. The van der Waals surface area contributed by atoms with E-state index in [0.29, 0.717) is 11.1 Å². The zero-order valence-corrected chi connectivity index (χ0v) is 19.8. The first kappa shape index (κ1) is 24.4. The van der Waals surface area contributed by atoms with Gasteiger partial charge in [-0.25, -0.2) is 12.8 Å². The average molecular weight is 486 g/mol. The Morgan fingerprint density at radius 2 is 2.03 bits per heavy atom. The van der Waals surface area contributed by atoms with Gasteiger partial charge in [0.2, 0.25) is 10.0 Å². The molecule has 2 atom stereocenters. The fraction of sp³-hybridized carbons (Fsp3) is 0.409. The maximum absolute atomic E-state index is 14.8. The molecule has 0 aromatic heterocycles. The smallest absolute Gasteiger partial charge is 0.322 e. The van der Waals surface area contributed by atoms with Crippen molar-refractivity contribution in [3.8, 4) is 5.75 Å². The molecule has 0 amide bonds. The van der Waals surface area contributed by atoms with Gasteiger partial charge in [-0.2, -0.15) is 4.31 Å². The minimum atomic E-state index is -4.32. The zero-order chi connectivity index (χ0) is 23.8. The number of nitrogens with zero attached hydrogens (tertiary/aromatic N) is 1. The predicted molar refractivity (Wildman–Crippen MR) is 117 cm³/mol. The number of sulfonamides is 1. The van der Waals surface area contributed by atoms with E-state index >= 15 is 0 Å². The van der Waals surface area contributed by atoms with Crippen molar-refractivity contribution in [3.63, 3.8) is 0 Å². The third-order valence-corrected chi connectivity index (χ3v) is 8.05. The van der Waals surface area contributed by atoms with Crippen LogP contribution in [0.5, 0.6) is 5.75 Å². The molecule has 1 aliphatic heterocycles. The van der Waals surface area contributed by atoms with Crippen LogP contribution in [0.25, 0.3) is 0 Å². The van der Waals surface area contributed by atoms with Crippen LogP contribution in [0.4, 0.5) is 4.39 Å². The second-order valence-electron chi connectivity index (χ2n) is 7.76. The van der Waals surface area contributed by atoms with E-state index in [4.69, 9.17) is 21.1 Å². The van der Waals surface area contributed by atoms with E-state index in [-0.39, 0.29) is 41.0 Å². The van der Waals surface area contributed by atoms with Gasteiger partial charge in [-0.3, -0.25) is 4.79 Å². The summed E-state index contributed by atoms with van der Waals surface area (Å²) in [5.41, 5.74) is 1.96. The minimum absolute atomic E-state index is 0.0343. The minimum Gasteiger partial charge on any atom is -0.491 e. The van der Waals surface area contributed by atoms with Crippen molar-refractivity contribution in [1.29, 1.82) is 0 Å². The molecule has 0 saturated carbocycles. The van der Waals surface area contributed by atoms with Crippen LogP contribution in [0.3, 0.4) is 0 Å². The summed E-state index contributed by atoms with van der Waals surface area (Å²) in [7, 11) is -2.87. The Labute approximate surface area is 191 Å². The lowest BCUT2D eigenvalue weighted by Crippen LogP contribution is -2.48. The number of benzene rings is 2. The summed E-state index contributed by atoms with van der Waals surface area (Å²) >= 11 is 6.21. The summed E-state index contributed by atoms with van der Waals surface area (Å²) in [6, 6.07) is 4.03. The Bertz CT molecular complexity index is 1150. The van der Waals surface area contributed by atoms with Crippen LogP contribution in [0.1, 0.15) is 35.1 Å². The summed E-state index contributed by atoms with van der Waals surface area (Å²) in [5.74, 6) is -2.89. The first-order valence-electron chi connectivity index (χ1n) is 9.95. The molecule has 10 heteroatoms. The molecule has 1 N–H and O–H groups in total. The number of carboxylic acid groups (broad SMARTS) is 1. The summed E-state index contributed by atoms with van der Waals surface area (Å²) < 4.78 is 53.5. The molecule has 0 radical (unpaired) electrons. The molecule has 2 aromatic carbocycles. The van der Waals surface area contributed by atoms with Gasteiger partial charge in [0.15, 0.2) is 0 Å². The highest BCUT2D eigenvalue weighted by Gasteiger charge is 2.43. The van der Waals surface area contributed by atoms with Crippen LogP contribution in [-0.4, -0.2) is 50.1 Å². The second kappa shape index (κ2) is 9.35. The Morgan fingerprint density at radius 1 is 1.34 bits per heavy atom. The zero-order valence-electron chi connectivity index (χ0n) is 18.2. The Kier molecular flexibility index (Phi) is 7.14. The van der Waals surface area contributed by atoms with E-state index in [1.165, 1.54) is 32.2 Å². The van der Waals surface area contributed by atoms with Gasteiger partial charge in [-0.05, 0) is 48.2 Å². The van der Waals surface area contributed by atoms with Gasteiger partial charge < -0.3 is 14.6 Å². The third kappa shape index (κ3) is 4.34. The Morgan fingerprint density at radius 3 is 2.66 bits per heavy atom. The van der Waals surface area contributed by atoms with Gasteiger partial charge in [-0.1, -0.05) is 24.6 Å². The van der Waals surface area contributed by atoms with Crippen molar-refractivity contribution in [2.45, 2.75) is 44.2 Å². The lowest BCUT2D eigenvalue weighted by Gasteiger charge is -2.31. The molecule has 0 saturated heterocycles. The number of hydrogen-bond acceptors (Lipinski definition) is 5. The van der Waals surface area contributed by atoms with E-state index in [9.17, 15) is 22.7 Å². The normalized spacial score (nSPS) is 17.7. The van der Waals surface area contributed by atoms with Crippen molar-refractivity contribution < 1.29 is 32.2 Å². The number of carboxylic acids is 1. The molecule has 0 bridgehead atoms. The van der Waals surface area contributed by atoms with E-state index in [1.807, 2.05) is 0 Å². The monoisotopic (exact) mass is 485 g/mol. The Hall–Kier alpha value is -2.20. The number of carbonyl (C=O) groups is 1. The van der Waals surface area contributed by atoms with E-state index < -0.39 is 33.8 Å². The molecule has 174 valence electrons. The SMILES string of the molecule is COCc1cc2c(cc1Cl)OCCN([C@H](C(=O)O)C(C)c1c(F)ccc(C)c1C)S2(=O)=O. The quantitative estimate of drug-likeness (QED) is 0.667. The molecule has 0 fully saturated rings. The van der Waals surface area contributed by atoms with Gasteiger partial charge in [0.05, 0.1) is 6.61 Å². The molecule has 32 heavy (non-hydrogen) atoms. The third-order valence-electron chi connectivity index (χ3n) is 5.79. The van der Waals surface area contributed by atoms with Crippen LogP contribution in [0.15, 0.2) is 29.2 Å². The fourth-order valence-electron chi connectivity index (χ4n) is 4.05. The average Bonchev–Trinajstić information content (AvgIpc) is 2.82. The topological polar surface area (TPSA) is 93.1 Å². The number of ether oxygens (including phenoxy) is 2. The first-order chi connectivity index (χ1) is 15.0. The van der Waals surface area contributed by atoms with Crippen LogP contribution >= 0.6 is 11.6 Å². The highest BCUT2D eigenvalue weighted by atomic mass is 35.5. The number of methoxy groups -OCH3 is 1. The lowest BCUT2D eigenvalue weighted by atomic mass is 9.87. The van der Waals surface area contributed by atoms with Crippen molar-refractivity contribution >= 4 is 27.6 Å². The maximum atomic E-state index is 14.8. The molecule has 7 nitrogen and oxygen atoms in total. The highest BCUT2D eigenvalue weighted by Crippen LogP contribution is 2.38. The van der Waals surface area contributed by atoms with Crippen molar-refractivity contribution in [2.24, 2.45) is 0 Å². The second-order valence-corrected chi connectivity index (χ2v) is 10.0. The van der Waals surface area contributed by atoms with Gasteiger partial charge in [-0.15, -0.1) is 0 Å². The van der Waals surface area contributed by atoms with Crippen LogP contribution in [0.2, 0.25) is 5.02 Å². The van der Waals surface area contributed by atoms with Gasteiger partial charge >= 0.3 is 5.97 Å². The largest absolute Gasteiger partial charge is 0.491 e. The summed E-state index contributed by atoms with van der Waals surface area (Å²) in [6.45, 7) is 4.75. The maximum Gasteiger partial charge on any atom is 0.322 e. The summed E-state index contributed by atoms with van der Waals surface area (Å²) in [6.07, 6.45) is 0. The molecule has 3 rings (SSSR count). The standard InChI is InChI=1S/C22H25ClFNO6S/c1-12-5-6-17(24)20(13(12)2)14(3)21(22(26)27)25-7-8-31-18-10-16(23)15(11-30-4)9-19(18)32(25,28)29/h5-6,9-10,14,21H,7-8,11H2,1-4H3,(H,26,27)/t14?,21-/m0/s1. The Balaban J connectivity index is 2.15. The van der Waals surface area contributed by atoms with Crippen LogP contribution in [0, 0.1) is 19.7 Å². The number of halogens is 2. The number of aliphatic carboxylic acids is 1. The van der Waals surface area contributed by atoms with Gasteiger partial charge in [0, 0.05) is 30.7 Å². The van der Waals surface area contributed by atoms with E-state index in [1.54, 1.807) is 19.9 Å². The summed E-state index contributed by atoms with van der Waals surface area (Å²) in [5, 5.41) is 10.3. The number of hydrogen-bond donors (Lipinski definition) is 1. The van der Waals surface area contributed by atoms with E-state index in [0.717, 1.165) is 9.87 Å². The molecule has 0 spiro atoms. The number of rotatable bonds is 6. The van der Waals surface area contributed by atoms with E-state index in [2.05, 4.69) is 0 Å². The lowest BCUT2D eigenvalue weighted by molar-refractivity contribution is -0.142. The van der Waals surface area contributed by atoms with Crippen LogP contribution < -0.4 is 4.74 Å². The van der Waals surface area contributed by atoms with Crippen molar-refractivity contribution in [2.75, 3.05) is 20.3 Å².